The van der Waals surface area contributed by atoms with Crippen molar-refractivity contribution in [3.05, 3.63) is 53.7 Å². The molecule has 0 saturated heterocycles. The maximum atomic E-state index is 14.0. The Morgan fingerprint density at radius 3 is 2.33 bits per heavy atom. The second-order valence-electron chi connectivity index (χ2n) is 7.99. The van der Waals surface area contributed by atoms with Crippen molar-refractivity contribution in [2.45, 2.75) is 24.7 Å². The molecule has 12 heteroatoms. The lowest BCUT2D eigenvalue weighted by Crippen LogP contribution is -2.36. The first-order valence-electron chi connectivity index (χ1n) is 10.9. The van der Waals surface area contributed by atoms with Crippen LogP contribution in [0.15, 0.2) is 42.6 Å². The fourth-order valence-electron chi connectivity index (χ4n) is 4.16. The molecular formula is C24H25F3N4O5. The smallest absolute Gasteiger partial charge is 0.410 e. The average Bonchev–Trinajstić information content (AvgIpc) is 3.31. The fraction of sp³-hybridized carbons (Fsp3) is 0.333. The molecule has 2 N–H and O–H groups in total. The third kappa shape index (κ3) is 4.70. The second-order valence-corrected chi connectivity index (χ2v) is 7.99. The minimum atomic E-state index is -4.58. The number of carbonyl (C=O) groups excluding carboxylic acids is 1. The van der Waals surface area contributed by atoms with Crippen LogP contribution in [0.1, 0.15) is 34.4 Å². The van der Waals surface area contributed by atoms with Crippen LogP contribution in [0.4, 0.5) is 24.7 Å². The van der Waals surface area contributed by atoms with Gasteiger partial charge < -0.3 is 29.6 Å². The molecule has 3 aromatic rings. The van der Waals surface area contributed by atoms with E-state index in [9.17, 15) is 18.0 Å². The molecule has 1 aromatic heterocycles. The van der Waals surface area contributed by atoms with Crippen LogP contribution in [0, 0.1) is 0 Å². The van der Waals surface area contributed by atoms with E-state index in [4.69, 9.17) is 18.9 Å². The van der Waals surface area contributed by atoms with Crippen molar-refractivity contribution in [1.82, 2.24) is 9.78 Å². The number of fused-ring (bicyclic) bond motifs is 1. The van der Waals surface area contributed by atoms with Gasteiger partial charge in [0, 0.05) is 24.2 Å². The Balaban J connectivity index is 1.69. The standard InChI is InChI=1S/C24H25F3N4O5/c1-33-15-7-5-6-13(8-15)17-11-20(24(25,26)27)31-22(30-17)16(12-28-31)23(32)29-14-9-18(34-2)21(36-4)19(10-14)35-3/h5-10,12,17,20,30H,11H2,1-4H3,(H,29,32)/t17-,20-/m1/s1. The van der Waals surface area contributed by atoms with Gasteiger partial charge >= 0.3 is 6.18 Å². The van der Waals surface area contributed by atoms with Crippen molar-refractivity contribution in [2.24, 2.45) is 0 Å². The van der Waals surface area contributed by atoms with Gasteiger partial charge in [-0.1, -0.05) is 12.1 Å². The van der Waals surface area contributed by atoms with Crippen LogP contribution in [-0.4, -0.2) is 50.3 Å². The van der Waals surface area contributed by atoms with E-state index in [0.717, 1.165) is 10.9 Å². The molecule has 0 radical (unpaired) electrons. The number of nitrogens with zero attached hydrogens (tertiary/aromatic N) is 2. The van der Waals surface area contributed by atoms with Crippen LogP contribution in [0.2, 0.25) is 0 Å². The summed E-state index contributed by atoms with van der Waals surface area (Å²) in [4.78, 5) is 13.2. The largest absolute Gasteiger partial charge is 0.497 e. The molecule has 9 nitrogen and oxygen atoms in total. The number of rotatable bonds is 7. The van der Waals surface area contributed by atoms with E-state index in [0.29, 0.717) is 34.2 Å². The Morgan fingerprint density at radius 2 is 1.75 bits per heavy atom. The zero-order chi connectivity index (χ0) is 26.0. The fourth-order valence-corrected chi connectivity index (χ4v) is 4.16. The Kier molecular flexibility index (Phi) is 6.86. The first-order valence-corrected chi connectivity index (χ1v) is 10.9. The Hall–Kier alpha value is -4.09. The molecule has 4 rings (SSSR count). The van der Waals surface area contributed by atoms with Gasteiger partial charge in [-0.25, -0.2) is 4.68 Å². The summed E-state index contributed by atoms with van der Waals surface area (Å²) in [6.45, 7) is 0. The minimum absolute atomic E-state index is 0.0404. The number of aromatic nitrogens is 2. The molecule has 0 bridgehead atoms. The summed E-state index contributed by atoms with van der Waals surface area (Å²) in [5, 5.41) is 9.64. The van der Waals surface area contributed by atoms with Gasteiger partial charge in [-0.15, -0.1) is 0 Å². The lowest BCUT2D eigenvalue weighted by Gasteiger charge is -2.34. The number of halogens is 3. The zero-order valence-corrected chi connectivity index (χ0v) is 20.0. The highest BCUT2D eigenvalue weighted by molar-refractivity contribution is 6.07. The monoisotopic (exact) mass is 506 g/mol. The highest BCUT2D eigenvalue weighted by Crippen LogP contribution is 2.45. The van der Waals surface area contributed by atoms with Gasteiger partial charge in [-0.2, -0.15) is 18.3 Å². The van der Waals surface area contributed by atoms with E-state index in [1.807, 2.05) is 0 Å². The van der Waals surface area contributed by atoms with E-state index in [1.54, 1.807) is 24.3 Å². The summed E-state index contributed by atoms with van der Waals surface area (Å²) in [5.74, 6) is 0.746. The molecule has 0 unspecified atom stereocenters. The number of ether oxygens (including phenoxy) is 4. The molecule has 0 aliphatic carbocycles. The first kappa shape index (κ1) is 25.0. The van der Waals surface area contributed by atoms with Crippen LogP contribution in [0.3, 0.4) is 0 Å². The number of anilines is 2. The summed E-state index contributed by atoms with van der Waals surface area (Å²) in [6, 6.07) is 7.13. The number of methoxy groups -OCH3 is 4. The quantitative estimate of drug-likeness (QED) is 0.474. The summed E-state index contributed by atoms with van der Waals surface area (Å²) in [6.07, 6.45) is -3.77. The number of alkyl halides is 3. The van der Waals surface area contributed by atoms with Gasteiger partial charge in [0.25, 0.3) is 5.91 Å². The molecule has 36 heavy (non-hydrogen) atoms. The summed E-state index contributed by atoms with van der Waals surface area (Å²) in [5.41, 5.74) is 0.833. The van der Waals surface area contributed by atoms with Crippen molar-refractivity contribution in [3.63, 3.8) is 0 Å². The van der Waals surface area contributed by atoms with Crippen LogP contribution < -0.4 is 29.6 Å². The van der Waals surface area contributed by atoms with Gasteiger partial charge in [-0.3, -0.25) is 4.79 Å². The molecule has 1 aliphatic heterocycles. The molecule has 192 valence electrons. The average molecular weight is 506 g/mol. The van der Waals surface area contributed by atoms with Crippen LogP contribution in [-0.2, 0) is 0 Å². The van der Waals surface area contributed by atoms with E-state index >= 15 is 0 Å². The van der Waals surface area contributed by atoms with E-state index in [1.165, 1.54) is 40.6 Å². The van der Waals surface area contributed by atoms with Gasteiger partial charge in [0.15, 0.2) is 17.5 Å². The molecule has 0 fully saturated rings. The lowest BCUT2D eigenvalue weighted by molar-refractivity contribution is -0.173. The van der Waals surface area contributed by atoms with Crippen LogP contribution in [0.5, 0.6) is 23.0 Å². The number of hydrogen-bond donors (Lipinski definition) is 2. The Bertz CT molecular complexity index is 1240. The van der Waals surface area contributed by atoms with Gasteiger partial charge in [-0.05, 0) is 17.7 Å². The molecule has 0 saturated carbocycles. The number of hydrogen-bond acceptors (Lipinski definition) is 7. The minimum Gasteiger partial charge on any atom is -0.497 e. The second kappa shape index (κ2) is 9.88. The predicted octanol–water partition coefficient (Wildman–Crippen LogP) is 4.83. The molecule has 1 amide bonds. The predicted molar refractivity (Wildman–Crippen MR) is 125 cm³/mol. The third-order valence-electron chi connectivity index (χ3n) is 5.90. The van der Waals surface area contributed by atoms with Crippen molar-refractivity contribution in [2.75, 3.05) is 39.1 Å². The lowest BCUT2D eigenvalue weighted by atomic mass is 9.96. The topological polar surface area (TPSA) is 95.9 Å². The highest BCUT2D eigenvalue weighted by Gasteiger charge is 2.47. The summed E-state index contributed by atoms with van der Waals surface area (Å²) in [7, 11) is 5.78. The van der Waals surface area contributed by atoms with E-state index < -0.39 is 24.2 Å². The maximum absolute atomic E-state index is 14.0. The Labute approximate surface area is 205 Å². The molecule has 0 spiro atoms. The Morgan fingerprint density at radius 1 is 1.06 bits per heavy atom. The zero-order valence-electron chi connectivity index (χ0n) is 20.0. The summed E-state index contributed by atoms with van der Waals surface area (Å²) >= 11 is 0. The van der Waals surface area contributed by atoms with Crippen LogP contribution in [0.25, 0.3) is 0 Å². The maximum Gasteiger partial charge on any atom is 0.410 e. The van der Waals surface area contributed by atoms with Crippen molar-refractivity contribution >= 4 is 17.4 Å². The molecule has 2 aromatic carbocycles. The number of amides is 1. The number of carbonyl (C=O) groups is 1. The number of benzene rings is 2. The van der Waals surface area contributed by atoms with E-state index in [2.05, 4.69) is 15.7 Å². The van der Waals surface area contributed by atoms with Crippen molar-refractivity contribution in [1.29, 1.82) is 0 Å². The first-order chi connectivity index (χ1) is 17.2. The van der Waals surface area contributed by atoms with Gasteiger partial charge in [0.2, 0.25) is 5.75 Å². The highest BCUT2D eigenvalue weighted by atomic mass is 19.4. The van der Waals surface area contributed by atoms with Gasteiger partial charge in [0.1, 0.15) is 17.1 Å². The van der Waals surface area contributed by atoms with Crippen molar-refractivity contribution in [3.8, 4) is 23.0 Å². The molecule has 2 heterocycles. The molecule has 2 atom stereocenters. The summed E-state index contributed by atoms with van der Waals surface area (Å²) < 4.78 is 63.9. The van der Waals surface area contributed by atoms with Crippen LogP contribution >= 0.6 is 0 Å². The number of nitrogens with one attached hydrogen (secondary N) is 2. The van der Waals surface area contributed by atoms with E-state index in [-0.39, 0.29) is 17.8 Å². The molecule has 1 aliphatic rings. The normalized spacial score (nSPS) is 17.0. The SMILES string of the molecule is COc1cccc([C@H]2C[C@H](C(F)(F)F)n3ncc(C(=O)Nc4cc(OC)c(OC)c(OC)c4)c3N2)c1. The van der Waals surface area contributed by atoms with Gasteiger partial charge in [0.05, 0.1) is 40.7 Å². The van der Waals surface area contributed by atoms with Crippen molar-refractivity contribution < 1.29 is 36.9 Å². The third-order valence-corrected chi connectivity index (χ3v) is 5.90. The molecular weight excluding hydrogens is 481 g/mol.